The van der Waals surface area contributed by atoms with Crippen LogP contribution in [0.1, 0.15) is 50.5 Å². The van der Waals surface area contributed by atoms with E-state index in [-0.39, 0.29) is 12.1 Å². The lowest BCUT2D eigenvalue weighted by atomic mass is 9.85. The van der Waals surface area contributed by atoms with Crippen molar-refractivity contribution in [3.8, 4) is 6.07 Å². The monoisotopic (exact) mass is 539 g/mol. The molecular formula is C27H33N5O5S. The zero-order valence-electron chi connectivity index (χ0n) is 22.0. The first-order valence-electron chi connectivity index (χ1n) is 12.3. The third-order valence-electron chi connectivity index (χ3n) is 6.25. The molecule has 10 nitrogen and oxygen atoms in total. The van der Waals surface area contributed by atoms with Gasteiger partial charge in [-0.3, -0.25) is 14.4 Å². The van der Waals surface area contributed by atoms with E-state index < -0.39 is 51.1 Å². The number of benzene rings is 1. The van der Waals surface area contributed by atoms with Crippen LogP contribution < -0.4 is 10.6 Å². The summed E-state index contributed by atoms with van der Waals surface area (Å²) < 4.78 is 22.9. The van der Waals surface area contributed by atoms with Gasteiger partial charge < -0.3 is 15.5 Å². The van der Waals surface area contributed by atoms with Crippen LogP contribution in [0.3, 0.4) is 0 Å². The number of amides is 3. The number of carbonyl (C=O) groups excluding carboxylic acids is 3. The molecule has 2 heterocycles. The number of carbonyl (C=O) groups is 3. The summed E-state index contributed by atoms with van der Waals surface area (Å²) in [6.07, 6.45) is 3.14. The van der Waals surface area contributed by atoms with Gasteiger partial charge in [-0.05, 0) is 36.5 Å². The van der Waals surface area contributed by atoms with E-state index in [4.69, 9.17) is 5.26 Å². The first-order valence-corrected chi connectivity index (χ1v) is 14.3. The lowest BCUT2D eigenvalue weighted by Gasteiger charge is -2.35. The van der Waals surface area contributed by atoms with Crippen LogP contribution in [-0.4, -0.2) is 66.9 Å². The molecule has 11 heteroatoms. The maximum absolute atomic E-state index is 13.7. The predicted molar refractivity (Wildman–Crippen MR) is 143 cm³/mol. The van der Waals surface area contributed by atoms with Crippen molar-refractivity contribution in [1.82, 2.24) is 20.5 Å². The first kappa shape index (κ1) is 28.8. The molecule has 38 heavy (non-hydrogen) atoms. The standard InChI is InChI=1S/C27H33N5O5S/c1-27(2,3)23(31-24(33)21-12-11-18-8-5-6-9-20(18)30-21)26(35)32-16-7-10-22(32)25(34)29-19(13-15-28)14-17-38(4,36)37/h5-6,8-9,11-12,14,17,19,22-23H,7,10,13,16H2,1-4H3,(H,29,34)(H,31,33)/b17-14+/t19-,22+,23-/m0/s1. The molecule has 0 radical (unpaired) electrons. The van der Waals surface area contributed by atoms with Crippen molar-refractivity contribution in [3.63, 3.8) is 0 Å². The Balaban J connectivity index is 1.78. The van der Waals surface area contributed by atoms with Gasteiger partial charge >= 0.3 is 0 Å². The van der Waals surface area contributed by atoms with Crippen LogP contribution in [0, 0.1) is 16.7 Å². The van der Waals surface area contributed by atoms with E-state index in [1.807, 2.05) is 45.0 Å². The highest BCUT2D eigenvalue weighted by molar-refractivity contribution is 7.93. The van der Waals surface area contributed by atoms with Gasteiger partial charge in [-0.25, -0.2) is 13.4 Å². The number of para-hydroxylation sites is 1. The number of aromatic nitrogens is 1. The number of likely N-dealkylation sites (tertiary alicyclic amines) is 1. The molecule has 1 aliphatic heterocycles. The second-order valence-electron chi connectivity index (χ2n) is 10.5. The van der Waals surface area contributed by atoms with Crippen LogP contribution in [0.4, 0.5) is 0 Å². The van der Waals surface area contributed by atoms with Gasteiger partial charge in [0.05, 0.1) is 24.0 Å². The first-order chi connectivity index (χ1) is 17.8. The van der Waals surface area contributed by atoms with Gasteiger partial charge in [0.15, 0.2) is 9.84 Å². The molecule has 0 unspecified atom stereocenters. The SMILES string of the molecule is CC(C)(C)[C@@H](NC(=O)c1ccc2ccccc2n1)C(=O)N1CCC[C@@H]1C(=O)N[C@H](/C=C/S(C)(=O)=O)CC#N. The molecule has 0 saturated carbocycles. The minimum Gasteiger partial charge on any atom is -0.347 e. The Morgan fingerprint density at radius 2 is 1.89 bits per heavy atom. The number of hydrogen-bond acceptors (Lipinski definition) is 7. The van der Waals surface area contributed by atoms with Crippen molar-refractivity contribution in [2.75, 3.05) is 12.8 Å². The summed E-state index contributed by atoms with van der Waals surface area (Å²) in [4.78, 5) is 45.8. The van der Waals surface area contributed by atoms with Crippen molar-refractivity contribution < 1.29 is 22.8 Å². The molecule has 1 fully saturated rings. The second kappa shape index (κ2) is 11.7. The third-order valence-corrected chi connectivity index (χ3v) is 6.91. The maximum Gasteiger partial charge on any atom is 0.270 e. The average Bonchev–Trinajstić information content (AvgIpc) is 3.34. The Kier molecular flexibility index (Phi) is 8.89. The fourth-order valence-corrected chi connectivity index (χ4v) is 4.77. The van der Waals surface area contributed by atoms with Crippen molar-refractivity contribution in [2.45, 2.75) is 58.2 Å². The molecule has 3 amide bonds. The van der Waals surface area contributed by atoms with Crippen molar-refractivity contribution >= 4 is 38.5 Å². The van der Waals surface area contributed by atoms with Gasteiger partial charge in [-0.15, -0.1) is 0 Å². The van der Waals surface area contributed by atoms with E-state index in [9.17, 15) is 22.8 Å². The van der Waals surface area contributed by atoms with E-state index >= 15 is 0 Å². The summed E-state index contributed by atoms with van der Waals surface area (Å²) in [7, 11) is -3.44. The molecule has 3 rings (SSSR count). The summed E-state index contributed by atoms with van der Waals surface area (Å²) in [5, 5.41) is 16.4. The Hall–Kier alpha value is -3.78. The molecule has 0 spiro atoms. The number of nitriles is 1. The van der Waals surface area contributed by atoms with Crippen molar-refractivity contribution in [1.29, 1.82) is 5.26 Å². The van der Waals surface area contributed by atoms with Gasteiger partial charge in [0.1, 0.15) is 17.8 Å². The van der Waals surface area contributed by atoms with Crippen LogP contribution in [0.25, 0.3) is 10.9 Å². The number of sulfone groups is 1. The average molecular weight is 540 g/mol. The number of nitrogens with zero attached hydrogens (tertiary/aromatic N) is 3. The molecule has 2 aromatic rings. The lowest BCUT2D eigenvalue weighted by molar-refractivity contribution is -0.142. The quantitative estimate of drug-likeness (QED) is 0.523. The molecule has 1 aromatic carbocycles. The lowest BCUT2D eigenvalue weighted by Crippen LogP contribution is -2.58. The summed E-state index contributed by atoms with van der Waals surface area (Å²) in [5.74, 6) is -1.37. The predicted octanol–water partition coefficient (Wildman–Crippen LogP) is 2.33. The molecule has 0 aliphatic carbocycles. The molecule has 1 saturated heterocycles. The van der Waals surface area contributed by atoms with Crippen LogP contribution >= 0.6 is 0 Å². The minimum atomic E-state index is -3.44. The zero-order valence-corrected chi connectivity index (χ0v) is 22.8. The minimum absolute atomic E-state index is 0.127. The van der Waals surface area contributed by atoms with Crippen LogP contribution in [0.2, 0.25) is 0 Å². The highest BCUT2D eigenvalue weighted by Gasteiger charge is 2.42. The summed E-state index contributed by atoms with van der Waals surface area (Å²) in [6, 6.07) is 10.2. The number of hydrogen-bond donors (Lipinski definition) is 2. The highest BCUT2D eigenvalue weighted by Crippen LogP contribution is 2.26. The van der Waals surface area contributed by atoms with Gasteiger partial charge in [-0.2, -0.15) is 5.26 Å². The summed E-state index contributed by atoms with van der Waals surface area (Å²) >= 11 is 0. The van der Waals surface area contributed by atoms with E-state index in [2.05, 4.69) is 15.6 Å². The van der Waals surface area contributed by atoms with E-state index in [0.29, 0.717) is 24.9 Å². The molecule has 202 valence electrons. The molecule has 0 bridgehead atoms. The number of pyridine rings is 1. The Bertz CT molecular complexity index is 1390. The van der Waals surface area contributed by atoms with Crippen LogP contribution in [0.5, 0.6) is 0 Å². The molecule has 1 aliphatic rings. The number of fused-ring (bicyclic) bond motifs is 1. The van der Waals surface area contributed by atoms with E-state index in [1.54, 1.807) is 18.2 Å². The van der Waals surface area contributed by atoms with Gasteiger partial charge in [0, 0.05) is 23.6 Å². The fourth-order valence-electron chi connectivity index (χ4n) is 4.30. The van der Waals surface area contributed by atoms with E-state index in [1.165, 1.54) is 11.0 Å². The Morgan fingerprint density at radius 3 is 2.55 bits per heavy atom. The fraction of sp³-hybridized carbons (Fsp3) is 0.444. The van der Waals surface area contributed by atoms with Gasteiger partial charge in [0.2, 0.25) is 11.8 Å². The molecule has 3 atom stereocenters. The summed E-state index contributed by atoms with van der Waals surface area (Å²) in [6.45, 7) is 5.81. The smallest absolute Gasteiger partial charge is 0.270 e. The van der Waals surface area contributed by atoms with Crippen molar-refractivity contribution in [2.24, 2.45) is 5.41 Å². The molecule has 2 N–H and O–H groups in total. The largest absolute Gasteiger partial charge is 0.347 e. The highest BCUT2D eigenvalue weighted by atomic mass is 32.2. The van der Waals surface area contributed by atoms with Crippen molar-refractivity contribution in [3.05, 3.63) is 53.6 Å². The maximum atomic E-state index is 13.7. The number of rotatable bonds is 8. The van der Waals surface area contributed by atoms with Gasteiger partial charge in [0.25, 0.3) is 5.91 Å². The Morgan fingerprint density at radius 1 is 1.18 bits per heavy atom. The number of nitrogens with one attached hydrogen (secondary N) is 2. The van der Waals surface area contributed by atoms with E-state index in [0.717, 1.165) is 17.1 Å². The van der Waals surface area contributed by atoms with Gasteiger partial charge in [-0.1, -0.05) is 45.0 Å². The normalized spacial score (nSPS) is 17.7. The molecular weight excluding hydrogens is 506 g/mol. The summed E-state index contributed by atoms with van der Waals surface area (Å²) in [5.41, 5.74) is 0.166. The second-order valence-corrected chi connectivity index (χ2v) is 12.4. The zero-order chi connectivity index (χ0) is 28.1. The van der Waals surface area contributed by atoms with Crippen LogP contribution in [-0.2, 0) is 19.4 Å². The topological polar surface area (TPSA) is 149 Å². The Labute approximate surface area is 223 Å². The third kappa shape index (κ3) is 7.38. The molecule has 1 aromatic heterocycles. The van der Waals surface area contributed by atoms with Crippen LogP contribution in [0.15, 0.2) is 47.9 Å².